The van der Waals surface area contributed by atoms with Crippen molar-refractivity contribution in [2.75, 3.05) is 12.0 Å². The van der Waals surface area contributed by atoms with Gasteiger partial charge in [-0.1, -0.05) is 63.2 Å². The van der Waals surface area contributed by atoms with E-state index in [0.29, 0.717) is 23.2 Å². The molecule has 0 aromatic heterocycles. The maximum Gasteiger partial charge on any atom is 0.337 e. The normalized spacial score (nSPS) is 14.4. The highest BCUT2D eigenvalue weighted by Gasteiger charge is 2.37. The topological polar surface area (TPSA) is 70.4 Å². The second-order valence-electron chi connectivity index (χ2n) is 9.29. The first-order valence-corrected chi connectivity index (χ1v) is 11.1. The van der Waals surface area contributed by atoms with E-state index in [1.165, 1.54) is 7.11 Å². The van der Waals surface area contributed by atoms with Crippen molar-refractivity contribution in [1.82, 2.24) is 0 Å². The van der Waals surface area contributed by atoms with Crippen molar-refractivity contribution < 1.29 is 14.3 Å². The number of rotatable bonds is 4. The van der Waals surface area contributed by atoms with Gasteiger partial charge < -0.3 is 9.64 Å². The Balaban J connectivity index is 1.85. The predicted octanol–water partition coefficient (Wildman–Crippen LogP) is 5.85. The number of carbonyl (C=O) groups excluding carboxylic acids is 2. The fraction of sp³-hybridized carbons (Fsp3) is 0.207. The number of nitrogens with zero attached hydrogens (tertiary/aromatic N) is 2. The SMILES string of the molecule is COC(=O)c1cccc(CN2C(=O)C(=C(c3ccc(C#N)cc3)C(C)(C)C)c3ccccc32)c1. The predicted molar refractivity (Wildman–Crippen MR) is 133 cm³/mol. The summed E-state index contributed by atoms with van der Waals surface area (Å²) < 4.78 is 4.84. The Morgan fingerprint density at radius 1 is 0.971 bits per heavy atom. The van der Waals surface area contributed by atoms with Crippen molar-refractivity contribution in [2.24, 2.45) is 5.41 Å². The molecule has 3 aromatic rings. The van der Waals surface area contributed by atoms with Crippen molar-refractivity contribution in [3.05, 3.63) is 101 Å². The molecule has 0 spiro atoms. The van der Waals surface area contributed by atoms with E-state index in [9.17, 15) is 14.9 Å². The first-order valence-electron chi connectivity index (χ1n) is 11.1. The number of hydrogen-bond donors (Lipinski definition) is 0. The third kappa shape index (κ3) is 4.23. The van der Waals surface area contributed by atoms with Crippen LogP contribution in [-0.2, 0) is 16.1 Å². The fourth-order valence-corrected chi connectivity index (χ4v) is 4.44. The lowest BCUT2D eigenvalue weighted by Gasteiger charge is -2.26. The molecular weight excluding hydrogens is 424 g/mol. The lowest BCUT2D eigenvalue weighted by atomic mass is 9.77. The average molecular weight is 451 g/mol. The Morgan fingerprint density at radius 2 is 1.68 bits per heavy atom. The second kappa shape index (κ2) is 8.99. The van der Waals surface area contributed by atoms with Gasteiger partial charge in [-0.05, 0) is 52.4 Å². The Hall–Kier alpha value is -4.17. The van der Waals surface area contributed by atoms with Gasteiger partial charge in [-0.15, -0.1) is 0 Å². The standard InChI is InChI=1S/C29H26N2O3/c1-29(2,3)26(21-14-12-19(17-30)13-15-21)25-23-10-5-6-11-24(23)31(27(25)32)18-20-8-7-9-22(16-20)28(33)34-4/h5-16H,18H2,1-4H3. The molecule has 1 aliphatic heterocycles. The summed E-state index contributed by atoms with van der Waals surface area (Å²) in [5.74, 6) is -0.495. The molecule has 1 amide bonds. The highest BCUT2D eigenvalue weighted by molar-refractivity contribution is 6.37. The van der Waals surface area contributed by atoms with Crippen molar-refractivity contribution in [2.45, 2.75) is 27.3 Å². The number of fused-ring (bicyclic) bond motifs is 1. The zero-order chi connectivity index (χ0) is 24.5. The van der Waals surface area contributed by atoms with Gasteiger partial charge in [0.05, 0.1) is 42.1 Å². The number of amides is 1. The summed E-state index contributed by atoms with van der Waals surface area (Å²) in [4.78, 5) is 27.7. The minimum Gasteiger partial charge on any atom is -0.465 e. The van der Waals surface area contributed by atoms with Crippen molar-refractivity contribution in [3.63, 3.8) is 0 Å². The van der Waals surface area contributed by atoms with Gasteiger partial charge in [0.2, 0.25) is 0 Å². The van der Waals surface area contributed by atoms with Crippen LogP contribution in [-0.4, -0.2) is 19.0 Å². The highest BCUT2D eigenvalue weighted by atomic mass is 16.5. The lowest BCUT2D eigenvalue weighted by Crippen LogP contribution is -2.27. The Morgan fingerprint density at radius 3 is 2.32 bits per heavy atom. The molecular formula is C29H26N2O3. The first kappa shape index (κ1) is 23.0. The summed E-state index contributed by atoms with van der Waals surface area (Å²) in [5, 5.41) is 9.20. The zero-order valence-electron chi connectivity index (χ0n) is 19.8. The van der Waals surface area contributed by atoms with Crippen LogP contribution in [0, 0.1) is 16.7 Å². The Labute approximate surface area is 199 Å². The van der Waals surface area contributed by atoms with Crippen LogP contribution in [0.5, 0.6) is 0 Å². The van der Waals surface area contributed by atoms with Crippen LogP contribution >= 0.6 is 0 Å². The molecule has 34 heavy (non-hydrogen) atoms. The van der Waals surface area contributed by atoms with E-state index >= 15 is 0 Å². The van der Waals surface area contributed by atoms with Crippen molar-refractivity contribution in [1.29, 1.82) is 5.26 Å². The maximum atomic E-state index is 14.0. The average Bonchev–Trinajstić information content (AvgIpc) is 3.10. The minimum absolute atomic E-state index is 0.0843. The van der Waals surface area contributed by atoms with E-state index in [1.54, 1.807) is 35.2 Å². The van der Waals surface area contributed by atoms with Crippen LogP contribution < -0.4 is 4.90 Å². The van der Waals surface area contributed by atoms with Crippen LogP contribution in [0.15, 0.2) is 72.8 Å². The summed E-state index contributed by atoms with van der Waals surface area (Å²) in [7, 11) is 1.35. The zero-order valence-corrected chi connectivity index (χ0v) is 19.8. The van der Waals surface area contributed by atoms with Gasteiger partial charge in [0.25, 0.3) is 5.91 Å². The van der Waals surface area contributed by atoms with Gasteiger partial charge in [0.15, 0.2) is 0 Å². The summed E-state index contributed by atoms with van der Waals surface area (Å²) >= 11 is 0. The van der Waals surface area contributed by atoms with Crippen molar-refractivity contribution >= 4 is 28.7 Å². The van der Waals surface area contributed by atoms with E-state index in [2.05, 4.69) is 26.8 Å². The summed E-state index contributed by atoms with van der Waals surface area (Å²) in [6.07, 6.45) is 0. The molecule has 0 unspecified atom stereocenters. The third-order valence-electron chi connectivity index (χ3n) is 5.91. The largest absolute Gasteiger partial charge is 0.465 e. The molecule has 0 radical (unpaired) electrons. The molecule has 3 aromatic carbocycles. The molecule has 5 heteroatoms. The van der Waals surface area contributed by atoms with Crippen LogP contribution in [0.2, 0.25) is 0 Å². The smallest absolute Gasteiger partial charge is 0.337 e. The number of hydrogen-bond acceptors (Lipinski definition) is 4. The Bertz CT molecular complexity index is 1340. The van der Waals surface area contributed by atoms with Crippen LogP contribution in [0.3, 0.4) is 0 Å². The second-order valence-corrected chi connectivity index (χ2v) is 9.29. The quantitative estimate of drug-likeness (QED) is 0.369. The van der Waals surface area contributed by atoms with Gasteiger partial charge >= 0.3 is 5.97 Å². The number of methoxy groups -OCH3 is 1. The molecule has 0 fully saturated rings. The van der Waals surface area contributed by atoms with Crippen LogP contribution in [0.25, 0.3) is 11.1 Å². The van der Waals surface area contributed by atoms with Gasteiger partial charge in [0.1, 0.15) is 0 Å². The number of carbonyl (C=O) groups is 2. The van der Waals surface area contributed by atoms with E-state index in [0.717, 1.165) is 28.0 Å². The van der Waals surface area contributed by atoms with Crippen LogP contribution in [0.4, 0.5) is 5.69 Å². The Kier molecular flexibility index (Phi) is 6.08. The lowest BCUT2D eigenvalue weighted by molar-refractivity contribution is -0.113. The van der Waals surface area contributed by atoms with E-state index in [4.69, 9.17) is 4.74 Å². The summed E-state index contributed by atoms with van der Waals surface area (Å²) in [6, 6.07) is 24.5. The van der Waals surface area contributed by atoms with Gasteiger partial charge in [-0.2, -0.15) is 5.26 Å². The van der Waals surface area contributed by atoms with Crippen molar-refractivity contribution in [3.8, 4) is 6.07 Å². The van der Waals surface area contributed by atoms with Gasteiger partial charge in [-0.25, -0.2) is 4.79 Å². The van der Waals surface area contributed by atoms with E-state index in [-0.39, 0.29) is 11.3 Å². The molecule has 0 aliphatic carbocycles. The molecule has 5 nitrogen and oxygen atoms in total. The monoisotopic (exact) mass is 450 g/mol. The summed E-state index contributed by atoms with van der Waals surface area (Å²) in [5.41, 5.74) is 5.76. The maximum absolute atomic E-state index is 14.0. The molecule has 1 heterocycles. The number of allylic oxidation sites excluding steroid dienone is 1. The first-order chi connectivity index (χ1) is 16.2. The molecule has 0 saturated carbocycles. The third-order valence-corrected chi connectivity index (χ3v) is 5.91. The van der Waals surface area contributed by atoms with Crippen LogP contribution in [0.1, 0.15) is 53.4 Å². The molecule has 4 rings (SSSR count). The molecule has 0 N–H and O–H groups in total. The number of benzene rings is 3. The van der Waals surface area contributed by atoms with Gasteiger partial charge in [0, 0.05) is 5.56 Å². The molecule has 0 saturated heterocycles. The summed E-state index contributed by atoms with van der Waals surface area (Å²) in [6.45, 7) is 6.60. The van der Waals surface area contributed by atoms with E-state index < -0.39 is 5.97 Å². The minimum atomic E-state index is -0.411. The number of para-hydroxylation sites is 1. The van der Waals surface area contributed by atoms with E-state index in [1.807, 2.05) is 42.5 Å². The number of ether oxygens (including phenoxy) is 1. The van der Waals surface area contributed by atoms with Gasteiger partial charge in [-0.3, -0.25) is 4.79 Å². The molecule has 1 aliphatic rings. The number of esters is 1. The highest BCUT2D eigenvalue weighted by Crippen LogP contribution is 2.47. The molecule has 0 atom stereocenters. The number of nitriles is 1. The molecule has 170 valence electrons. The molecule has 0 bridgehead atoms. The fourth-order valence-electron chi connectivity index (χ4n) is 4.44. The number of anilines is 1.